The van der Waals surface area contributed by atoms with Gasteiger partial charge in [-0.15, -0.1) is 0 Å². The largest absolute Gasteiger partial charge is 0.457 e. The van der Waals surface area contributed by atoms with Gasteiger partial charge >= 0.3 is 11.6 Å². The summed E-state index contributed by atoms with van der Waals surface area (Å²) in [5, 5.41) is 6.74. The molecule has 0 spiro atoms. The van der Waals surface area contributed by atoms with Crippen molar-refractivity contribution in [3.63, 3.8) is 0 Å². The van der Waals surface area contributed by atoms with Gasteiger partial charge in [0.1, 0.15) is 12.2 Å². The molecule has 2 aromatic heterocycles. The van der Waals surface area contributed by atoms with Gasteiger partial charge in [-0.3, -0.25) is 4.79 Å². The molecule has 0 radical (unpaired) electrons. The van der Waals surface area contributed by atoms with Gasteiger partial charge in [0.2, 0.25) is 5.91 Å². The smallest absolute Gasteiger partial charge is 0.339 e. The Hall–Kier alpha value is -2.93. The van der Waals surface area contributed by atoms with Crippen molar-refractivity contribution in [2.75, 3.05) is 5.32 Å². The molecule has 1 N–H and O–H groups in total. The first kappa shape index (κ1) is 15.9. The predicted molar refractivity (Wildman–Crippen MR) is 90.2 cm³/mol. The zero-order chi connectivity index (χ0) is 17.1. The van der Waals surface area contributed by atoms with E-state index in [1.165, 1.54) is 24.3 Å². The number of thiophene rings is 1. The molecule has 6 nitrogen and oxygen atoms in total. The average Bonchev–Trinajstić information content (AvgIpc) is 3.05. The van der Waals surface area contributed by atoms with Crippen molar-refractivity contribution in [1.82, 2.24) is 0 Å². The highest BCUT2D eigenvalue weighted by Crippen LogP contribution is 2.22. The molecular formula is C17H13NO5S. The maximum Gasteiger partial charge on any atom is 0.339 e. The van der Waals surface area contributed by atoms with E-state index < -0.39 is 11.6 Å². The summed E-state index contributed by atoms with van der Waals surface area (Å²) in [5.41, 5.74) is 1.30. The Balaban J connectivity index is 1.88. The summed E-state index contributed by atoms with van der Waals surface area (Å²) in [7, 11) is 0. The molecule has 24 heavy (non-hydrogen) atoms. The van der Waals surface area contributed by atoms with Crippen molar-refractivity contribution < 1.29 is 18.7 Å². The molecule has 1 aromatic carbocycles. The molecule has 0 saturated heterocycles. The SMILES string of the molecule is CC(=O)Nc1ccc2c(COC(=O)c3ccsc3)cc(=O)oc2c1. The summed E-state index contributed by atoms with van der Waals surface area (Å²) in [6, 6.07) is 7.92. The molecule has 2 heterocycles. The molecule has 0 atom stereocenters. The van der Waals surface area contributed by atoms with Crippen molar-refractivity contribution in [1.29, 1.82) is 0 Å². The molecule has 1 amide bonds. The Bertz CT molecular complexity index is 959. The van der Waals surface area contributed by atoms with Crippen LogP contribution in [-0.2, 0) is 16.1 Å². The molecule has 0 unspecified atom stereocenters. The van der Waals surface area contributed by atoms with E-state index in [1.54, 1.807) is 35.0 Å². The van der Waals surface area contributed by atoms with Gasteiger partial charge < -0.3 is 14.5 Å². The second-order valence-electron chi connectivity index (χ2n) is 5.07. The van der Waals surface area contributed by atoms with Crippen molar-refractivity contribution >= 4 is 39.9 Å². The highest BCUT2D eigenvalue weighted by molar-refractivity contribution is 7.08. The lowest BCUT2D eigenvalue weighted by Gasteiger charge is -2.08. The van der Waals surface area contributed by atoms with Gasteiger partial charge in [-0.2, -0.15) is 11.3 Å². The fourth-order valence-electron chi connectivity index (χ4n) is 2.24. The van der Waals surface area contributed by atoms with E-state index in [2.05, 4.69) is 5.32 Å². The molecular weight excluding hydrogens is 330 g/mol. The zero-order valence-corrected chi connectivity index (χ0v) is 13.5. The van der Waals surface area contributed by atoms with Crippen LogP contribution in [0.15, 0.2) is 50.3 Å². The van der Waals surface area contributed by atoms with Crippen molar-refractivity contribution in [2.45, 2.75) is 13.5 Å². The average molecular weight is 343 g/mol. The van der Waals surface area contributed by atoms with Gasteiger partial charge in [-0.05, 0) is 23.6 Å². The number of nitrogens with one attached hydrogen (secondary N) is 1. The number of hydrogen-bond donors (Lipinski definition) is 1. The normalized spacial score (nSPS) is 10.5. The molecule has 0 aliphatic heterocycles. The number of ether oxygens (including phenoxy) is 1. The third kappa shape index (κ3) is 3.52. The van der Waals surface area contributed by atoms with Crippen LogP contribution in [0, 0.1) is 0 Å². The second kappa shape index (κ2) is 6.67. The van der Waals surface area contributed by atoms with Gasteiger partial charge in [-0.1, -0.05) is 0 Å². The minimum absolute atomic E-state index is 0.0454. The number of anilines is 1. The minimum Gasteiger partial charge on any atom is -0.457 e. The monoisotopic (exact) mass is 343 g/mol. The quantitative estimate of drug-likeness (QED) is 0.581. The highest BCUT2D eigenvalue weighted by atomic mass is 32.1. The Morgan fingerprint density at radius 1 is 1.25 bits per heavy atom. The zero-order valence-electron chi connectivity index (χ0n) is 12.7. The maximum atomic E-state index is 11.9. The van der Waals surface area contributed by atoms with Crippen LogP contribution in [0.5, 0.6) is 0 Å². The number of benzene rings is 1. The molecule has 122 valence electrons. The number of amides is 1. The van der Waals surface area contributed by atoms with Gasteiger partial charge in [0.05, 0.1) is 5.56 Å². The second-order valence-corrected chi connectivity index (χ2v) is 5.85. The van der Waals surface area contributed by atoms with Gasteiger partial charge in [0, 0.05) is 41.1 Å². The number of hydrogen-bond acceptors (Lipinski definition) is 6. The first-order valence-electron chi connectivity index (χ1n) is 7.06. The molecule has 0 aliphatic rings. The van der Waals surface area contributed by atoms with Crippen LogP contribution in [0.2, 0.25) is 0 Å². The van der Waals surface area contributed by atoms with E-state index >= 15 is 0 Å². The summed E-state index contributed by atoms with van der Waals surface area (Å²) in [6.07, 6.45) is 0. The maximum absolute atomic E-state index is 11.9. The van der Waals surface area contributed by atoms with E-state index in [4.69, 9.17) is 9.15 Å². The van der Waals surface area contributed by atoms with E-state index in [-0.39, 0.29) is 12.5 Å². The highest BCUT2D eigenvalue weighted by Gasteiger charge is 2.11. The van der Waals surface area contributed by atoms with Crippen LogP contribution in [0.1, 0.15) is 22.8 Å². The molecule has 3 rings (SSSR count). The van der Waals surface area contributed by atoms with Crippen LogP contribution in [0.3, 0.4) is 0 Å². The molecule has 0 fully saturated rings. The van der Waals surface area contributed by atoms with Crippen LogP contribution in [0.25, 0.3) is 11.0 Å². The summed E-state index contributed by atoms with van der Waals surface area (Å²) in [5.74, 6) is -0.676. The summed E-state index contributed by atoms with van der Waals surface area (Å²) in [4.78, 5) is 34.7. The molecule has 7 heteroatoms. The van der Waals surface area contributed by atoms with E-state index in [0.717, 1.165) is 0 Å². The third-order valence-corrected chi connectivity index (χ3v) is 3.95. The van der Waals surface area contributed by atoms with E-state index in [1.807, 2.05) is 0 Å². The van der Waals surface area contributed by atoms with Gasteiger partial charge in [0.15, 0.2) is 0 Å². The van der Waals surface area contributed by atoms with Crippen molar-refractivity contribution in [2.24, 2.45) is 0 Å². The lowest BCUT2D eigenvalue weighted by molar-refractivity contribution is -0.114. The van der Waals surface area contributed by atoms with Crippen LogP contribution < -0.4 is 10.9 Å². The molecule has 0 bridgehead atoms. The first-order chi connectivity index (χ1) is 11.5. The third-order valence-electron chi connectivity index (χ3n) is 3.27. The van der Waals surface area contributed by atoms with Gasteiger partial charge in [0.25, 0.3) is 0 Å². The lowest BCUT2D eigenvalue weighted by Crippen LogP contribution is -2.08. The number of rotatable bonds is 4. The van der Waals surface area contributed by atoms with E-state index in [9.17, 15) is 14.4 Å². The standard InChI is InChI=1S/C17H13NO5S/c1-10(19)18-13-2-3-14-12(6-16(20)23-15(14)7-13)8-22-17(21)11-4-5-24-9-11/h2-7,9H,8H2,1H3,(H,18,19). The Kier molecular flexibility index (Phi) is 4.43. The Labute approximate surface area is 140 Å². The topological polar surface area (TPSA) is 85.6 Å². The summed E-state index contributed by atoms with van der Waals surface area (Å²) >= 11 is 1.40. The van der Waals surface area contributed by atoms with Crippen molar-refractivity contribution in [3.8, 4) is 0 Å². The predicted octanol–water partition coefficient (Wildman–Crippen LogP) is 3.17. The molecule has 3 aromatic rings. The first-order valence-corrected chi connectivity index (χ1v) is 8.01. The summed E-state index contributed by atoms with van der Waals surface area (Å²) in [6.45, 7) is 1.34. The van der Waals surface area contributed by atoms with Crippen LogP contribution in [0.4, 0.5) is 5.69 Å². The number of esters is 1. The number of carbonyl (C=O) groups is 2. The number of carbonyl (C=O) groups excluding carboxylic acids is 2. The van der Waals surface area contributed by atoms with Crippen LogP contribution in [-0.4, -0.2) is 11.9 Å². The van der Waals surface area contributed by atoms with Crippen molar-refractivity contribution in [3.05, 3.63) is 62.6 Å². The Morgan fingerprint density at radius 2 is 2.08 bits per heavy atom. The van der Waals surface area contributed by atoms with Gasteiger partial charge in [-0.25, -0.2) is 9.59 Å². The summed E-state index contributed by atoms with van der Waals surface area (Å²) < 4.78 is 10.4. The minimum atomic E-state index is -0.552. The lowest BCUT2D eigenvalue weighted by atomic mass is 10.1. The molecule has 0 saturated carbocycles. The molecule has 0 aliphatic carbocycles. The fourth-order valence-corrected chi connectivity index (χ4v) is 2.86. The Morgan fingerprint density at radius 3 is 2.79 bits per heavy atom. The van der Waals surface area contributed by atoms with Crippen LogP contribution >= 0.6 is 11.3 Å². The fraction of sp³-hybridized carbons (Fsp3) is 0.118. The number of fused-ring (bicyclic) bond motifs is 1. The van der Waals surface area contributed by atoms with E-state index in [0.29, 0.717) is 27.8 Å².